The van der Waals surface area contributed by atoms with E-state index in [-0.39, 0.29) is 23.8 Å². The van der Waals surface area contributed by atoms with E-state index in [1.165, 1.54) is 0 Å². The number of anilines is 1. The first-order chi connectivity index (χ1) is 11.6. The van der Waals surface area contributed by atoms with E-state index in [9.17, 15) is 14.4 Å². The Kier molecular flexibility index (Phi) is 8.85. The van der Waals surface area contributed by atoms with Crippen LogP contribution in [0.5, 0.6) is 0 Å². The smallest absolute Gasteiger partial charge is 0.313 e. The van der Waals surface area contributed by atoms with Crippen LogP contribution in [-0.2, 0) is 9.59 Å². The van der Waals surface area contributed by atoms with Crippen LogP contribution in [0.3, 0.4) is 0 Å². The second-order valence-corrected chi connectivity index (χ2v) is 5.04. The van der Waals surface area contributed by atoms with Crippen molar-refractivity contribution >= 4 is 23.4 Å². The first-order valence-corrected chi connectivity index (χ1v) is 7.78. The van der Waals surface area contributed by atoms with Crippen molar-refractivity contribution in [1.82, 2.24) is 10.6 Å². The number of amides is 3. The van der Waals surface area contributed by atoms with Crippen LogP contribution >= 0.6 is 0 Å². The highest BCUT2D eigenvalue weighted by atomic mass is 16.3. The molecule has 0 aromatic heterocycles. The molecule has 7 heteroatoms. The number of carbonyl (C=O) groups excluding carboxylic acids is 3. The van der Waals surface area contributed by atoms with Gasteiger partial charge in [-0.3, -0.25) is 14.4 Å². The highest BCUT2D eigenvalue weighted by molar-refractivity contribution is 6.40. The number of nitrogens with one attached hydrogen (secondary N) is 3. The van der Waals surface area contributed by atoms with E-state index in [1.807, 2.05) is 0 Å². The summed E-state index contributed by atoms with van der Waals surface area (Å²) in [7, 11) is 0. The van der Waals surface area contributed by atoms with Gasteiger partial charge in [0.25, 0.3) is 5.91 Å². The molecule has 0 saturated carbocycles. The number of carbonyl (C=O) groups is 3. The average molecular weight is 333 g/mol. The summed E-state index contributed by atoms with van der Waals surface area (Å²) in [4.78, 5) is 35.7. The van der Waals surface area contributed by atoms with E-state index >= 15 is 0 Å². The lowest BCUT2D eigenvalue weighted by Gasteiger charge is -2.11. The quantitative estimate of drug-likeness (QED) is 0.305. The molecule has 7 nitrogen and oxygen atoms in total. The molecule has 0 saturated heterocycles. The Morgan fingerprint density at radius 1 is 1.04 bits per heavy atom. The molecule has 1 aromatic rings. The van der Waals surface area contributed by atoms with Gasteiger partial charge in [0.1, 0.15) is 0 Å². The van der Waals surface area contributed by atoms with Crippen molar-refractivity contribution in [2.45, 2.75) is 19.3 Å². The third kappa shape index (κ3) is 6.62. The molecule has 3 amide bonds. The van der Waals surface area contributed by atoms with Crippen molar-refractivity contribution in [3.63, 3.8) is 0 Å². The summed E-state index contributed by atoms with van der Waals surface area (Å²) in [6.07, 6.45) is 3.66. The van der Waals surface area contributed by atoms with E-state index in [2.05, 4.69) is 22.5 Å². The van der Waals surface area contributed by atoms with Gasteiger partial charge in [0.05, 0.1) is 11.3 Å². The number of hydrogen-bond acceptors (Lipinski definition) is 4. The van der Waals surface area contributed by atoms with Crippen molar-refractivity contribution in [2.24, 2.45) is 0 Å². The molecule has 0 heterocycles. The van der Waals surface area contributed by atoms with Gasteiger partial charge < -0.3 is 21.1 Å². The molecule has 0 atom stereocenters. The Morgan fingerprint density at radius 3 is 2.50 bits per heavy atom. The Labute approximate surface area is 141 Å². The summed E-state index contributed by atoms with van der Waals surface area (Å²) >= 11 is 0. The lowest BCUT2D eigenvalue weighted by molar-refractivity contribution is -0.136. The summed E-state index contributed by atoms with van der Waals surface area (Å²) < 4.78 is 0. The zero-order valence-electron chi connectivity index (χ0n) is 13.5. The maximum atomic E-state index is 12.0. The topological polar surface area (TPSA) is 108 Å². The Morgan fingerprint density at radius 2 is 1.79 bits per heavy atom. The molecule has 1 rings (SSSR count). The van der Waals surface area contributed by atoms with Gasteiger partial charge in [0.15, 0.2) is 0 Å². The lowest BCUT2D eigenvalue weighted by atomic mass is 10.1. The van der Waals surface area contributed by atoms with Gasteiger partial charge in [-0.1, -0.05) is 18.2 Å². The maximum absolute atomic E-state index is 12.0. The zero-order valence-corrected chi connectivity index (χ0v) is 13.5. The number of rotatable bonds is 9. The molecule has 0 bridgehead atoms. The van der Waals surface area contributed by atoms with E-state index in [0.717, 1.165) is 6.42 Å². The van der Waals surface area contributed by atoms with Crippen LogP contribution in [0, 0.1) is 0 Å². The van der Waals surface area contributed by atoms with Crippen LogP contribution in [0.4, 0.5) is 5.69 Å². The van der Waals surface area contributed by atoms with Gasteiger partial charge in [0.2, 0.25) is 0 Å². The van der Waals surface area contributed by atoms with E-state index in [0.29, 0.717) is 25.9 Å². The lowest BCUT2D eigenvalue weighted by Crippen LogP contribution is -2.36. The van der Waals surface area contributed by atoms with Crippen LogP contribution < -0.4 is 16.0 Å². The molecule has 0 aliphatic heterocycles. The summed E-state index contributed by atoms with van der Waals surface area (Å²) in [6, 6.07) is 6.43. The van der Waals surface area contributed by atoms with Crippen LogP contribution in [0.2, 0.25) is 0 Å². The van der Waals surface area contributed by atoms with E-state index in [1.54, 1.807) is 30.3 Å². The monoisotopic (exact) mass is 333 g/mol. The molecular formula is C17H23N3O4. The fraction of sp³-hybridized carbons (Fsp3) is 0.353. The van der Waals surface area contributed by atoms with Crippen molar-refractivity contribution in [1.29, 1.82) is 0 Å². The number of benzene rings is 1. The normalized spacial score (nSPS) is 9.88. The molecule has 24 heavy (non-hydrogen) atoms. The fourth-order valence-electron chi connectivity index (χ4n) is 1.93. The van der Waals surface area contributed by atoms with Crippen molar-refractivity contribution < 1.29 is 19.5 Å². The second kappa shape index (κ2) is 11.0. The number of hydrogen-bond donors (Lipinski definition) is 4. The average Bonchev–Trinajstić information content (AvgIpc) is 2.59. The third-order valence-electron chi connectivity index (χ3n) is 3.15. The Bertz CT molecular complexity index is 587. The van der Waals surface area contributed by atoms with Crippen molar-refractivity contribution in [3.8, 4) is 0 Å². The van der Waals surface area contributed by atoms with Crippen LogP contribution in [-0.4, -0.2) is 42.5 Å². The van der Waals surface area contributed by atoms with Gasteiger partial charge in [-0.2, -0.15) is 0 Å². The standard InChI is InChI=1S/C17H23N3O4/c1-2-10-18-15(22)13-8-4-5-9-14(13)20-17(24)16(23)19-11-6-3-7-12-21/h2,4-5,8-9,21H,1,3,6-7,10-12H2,(H,18,22)(H,19,23)(H,20,24). The second-order valence-electron chi connectivity index (χ2n) is 5.04. The highest BCUT2D eigenvalue weighted by Crippen LogP contribution is 2.14. The van der Waals surface area contributed by atoms with Crippen molar-refractivity contribution in [3.05, 3.63) is 42.5 Å². The molecule has 1 aromatic carbocycles. The van der Waals surface area contributed by atoms with Gasteiger partial charge in [0, 0.05) is 19.7 Å². The summed E-state index contributed by atoms with van der Waals surface area (Å²) in [5, 5.41) is 16.2. The summed E-state index contributed by atoms with van der Waals surface area (Å²) in [6.45, 7) is 4.28. The van der Waals surface area contributed by atoms with Crippen LogP contribution in [0.15, 0.2) is 36.9 Å². The minimum absolute atomic E-state index is 0.110. The third-order valence-corrected chi connectivity index (χ3v) is 3.15. The minimum Gasteiger partial charge on any atom is -0.396 e. The highest BCUT2D eigenvalue weighted by Gasteiger charge is 2.17. The number of unbranched alkanes of at least 4 members (excludes halogenated alkanes) is 2. The molecular weight excluding hydrogens is 310 g/mol. The first kappa shape index (κ1) is 19.4. The fourth-order valence-corrected chi connectivity index (χ4v) is 1.93. The number of aliphatic hydroxyl groups is 1. The SMILES string of the molecule is C=CCNC(=O)c1ccccc1NC(=O)C(=O)NCCCCCO. The van der Waals surface area contributed by atoms with E-state index < -0.39 is 11.8 Å². The van der Waals surface area contributed by atoms with E-state index in [4.69, 9.17) is 5.11 Å². The molecule has 0 unspecified atom stereocenters. The van der Waals surface area contributed by atoms with Gasteiger partial charge >= 0.3 is 11.8 Å². The predicted molar refractivity (Wildman–Crippen MR) is 91.5 cm³/mol. The Balaban J connectivity index is 2.58. The molecule has 0 fully saturated rings. The van der Waals surface area contributed by atoms with Gasteiger partial charge in [-0.15, -0.1) is 6.58 Å². The summed E-state index contributed by atoms with van der Waals surface area (Å²) in [5.74, 6) is -1.96. The van der Waals surface area contributed by atoms with Crippen LogP contribution in [0.1, 0.15) is 29.6 Å². The minimum atomic E-state index is -0.832. The molecule has 0 aliphatic carbocycles. The molecule has 4 N–H and O–H groups in total. The number of aliphatic hydroxyl groups excluding tert-OH is 1. The Hall–Kier alpha value is -2.67. The maximum Gasteiger partial charge on any atom is 0.313 e. The van der Waals surface area contributed by atoms with Gasteiger partial charge in [-0.25, -0.2) is 0 Å². The first-order valence-electron chi connectivity index (χ1n) is 7.78. The zero-order chi connectivity index (χ0) is 17.8. The number of para-hydroxylation sites is 1. The predicted octanol–water partition coefficient (Wildman–Crippen LogP) is 0.820. The van der Waals surface area contributed by atoms with Crippen LogP contribution in [0.25, 0.3) is 0 Å². The molecule has 130 valence electrons. The largest absolute Gasteiger partial charge is 0.396 e. The molecule has 0 aliphatic rings. The molecule has 0 radical (unpaired) electrons. The van der Waals surface area contributed by atoms with Crippen molar-refractivity contribution in [2.75, 3.05) is 25.0 Å². The molecule has 0 spiro atoms. The van der Waals surface area contributed by atoms with Gasteiger partial charge in [-0.05, 0) is 31.4 Å². The summed E-state index contributed by atoms with van der Waals surface area (Å²) in [5.41, 5.74) is 0.530.